The van der Waals surface area contributed by atoms with E-state index in [1.807, 2.05) is 54.7 Å². The molecule has 0 atom stereocenters. The highest BCUT2D eigenvalue weighted by Crippen LogP contribution is 2.39. The smallest absolute Gasteiger partial charge is 0.254 e. The number of benzene rings is 2. The molecule has 1 amide bonds. The third-order valence-electron chi connectivity index (χ3n) is 5.05. The number of nitrogens with zero attached hydrogens (tertiary/aromatic N) is 1. The Labute approximate surface area is 170 Å². The molecule has 1 N–H and O–H groups in total. The fourth-order valence-corrected chi connectivity index (χ4v) is 4.83. The van der Waals surface area contributed by atoms with Crippen LogP contribution in [0.15, 0.2) is 65.7 Å². The highest BCUT2D eigenvalue weighted by molar-refractivity contribution is 7.16. The Balaban J connectivity index is 1.53. The topological polar surface area (TPSA) is 41.5 Å². The summed E-state index contributed by atoms with van der Waals surface area (Å²) in [4.78, 5) is 19.1. The maximum absolute atomic E-state index is 13.0. The number of rotatable bonds is 6. The number of hydrogen-bond donors (Lipinski definition) is 1. The van der Waals surface area contributed by atoms with Crippen molar-refractivity contribution in [2.24, 2.45) is 4.99 Å². The predicted octanol–water partition coefficient (Wildman–Crippen LogP) is 5.35. The van der Waals surface area contributed by atoms with Crippen LogP contribution < -0.4 is 5.32 Å². The number of fused-ring (bicyclic) bond motifs is 1. The van der Waals surface area contributed by atoms with Crippen LogP contribution >= 0.6 is 11.3 Å². The number of carbonyl (C=O) groups is 1. The van der Waals surface area contributed by atoms with Crippen LogP contribution in [-0.4, -0.2) is 18.7 Å². The summed E-state index contributed by atoms with van der Waals surface area (Å²) >= 11 is 1.68. The van der Waals surface area contributed by atoms with Crippen LogP contribution in [0.2, 0.25) is 0 Å². The van der Waals surface area contributed by atoms with E-state index < -0.39 is 0 Å². The summed E-state index contributed by atoms with van der Waals surface area (Å²) in [5.74, 6) is 0.00976. The summed E-state index contributed by atoms with van der Waals surface area (Å²) in [5, 5.41) is 3.96. The molecule has 1 aliphatic carbocycles. The van der Waals surface area contributed by atoms with Crippen molar-refractivity contribution in [1.82, 2.24) is 5.32 Å². The van der Waals surface area contributed by atoms with Crippen molar-refractivity contribution < 1.29 is 4.79 Å². The summed E-state index contributed by atoms with van der Waals surface area (Å²) < 4.78 is 0. The van der Waals surface area contributed by atoms with Gasteiger partial charge in [-0.05, 0) is 48.8 Å². The van der Waals surface area contributed by atoms with Gasteiger partial charge in [0.15, 0.2) is 0 Å². The minimum absolute atomic E-state index is 0.00976. The zero-order valence-electron chi connectivity index (χ0n) is 15.9. The maximum Gasteiger partial charge on any atom is 0.254 e. The van der Waals surface area contributed by atoms with Crippen LogP contribution in [0, 0.1) is 0 Å². The van der Waals surface area contributed by atoms with Crippen molar-refractivity contribution in [3.8, 4) is 0 Å². The van der Waals surface area contributed by atoms with Gasteiger partial charge in [0.2, 0.25) is 0 Å². The third-order valence-corrected chi connectivity index (χ3v) is 6.25. The van der Waals surface area contributed by atoms with Gasteiger partial charge in [-0.25, -0.2) is 4.99 Å². The summed E-state index contributed by atoms with van der Waals surface area (Å²) in [6, 6.07) is 20.3. The molecule has 2 aromatic carbocycles. The van der Waals surface area contributed by atoms with Crippen molar-refractivity contribution in [2.45, 2.75) is 32.1 Å². The number of thiophene rings is 1. The Kier molecular flexibility index (Phi) is 5.98. The summed E-state index contributed by atoms with van der Waals surface area (Å²) in [6.45, 7) is 0.634. The lowest BCUT2D eigenvalue weighted by atomic mass is 9.95. The minimum Gasteiger partial charge on any atom is -0.352 e. The number of aliphatic imine (C=N–C) groups is 1. The molecule has 1 aliphatic rings. The van der Waals surface area contributed by atoms with Gasteiger partial charge in [0.1, 0.15) is 5.00 Å². The lowest BCUT2D eigenvalue weighted by molar-refractivity contribution is 0.0954. The molecular formula is C24H24N2OS. The lowest BCUT2D eigenvalue weighted by Crippen LogP contribution is -2.26. The van der Waals surface area contributed by atoms with Gasteiger partial charge in [0.05, 0.1) is 5.56 Å². The third kappa shape index (κ3) is 4.39. The van der Waals surface area contributed by atoms with E-state index in [1.165, 1.54) is 22.4 Å². The first kappa shape index (κ1) is 18.6. The first-order chi connectivity index (χ1) is 13.8. The second-order valence-electron chi connectivity index (χ2n) is 7.05. The van der Waals surface area contributed by atoms with Crippen LogP contribution in [0.4, 0.5) is 5.00 Å². The number of carbonyl (C=O) groups excluding carboxylic acids is 1. The SMILES string of the molecule is O=C(NCCc1ccccc1)c1c(N=Cc2ccccc2)sc2c1CCCC2. The molecule has 0 fully saturated rings. The van der Waals surface area contributed by atoms with Crippen molar-refractivity contribution in [2.75, 3.05) is 6.54 Å². The zero-order valence-corrected chi connectivity index (χ0v) is 16.7. The fourth-order valence-electron chi connectivity index (χ4n) is 3.60. The van der Waals surface area contributed by atoms with Gasteiger partial charge >= 0.3 is 0 Å². The molecule has 0 radical (unpaired) electrons. The number of amides is 1. The largest absolute Gasteiger partial charge is 0.352 e. The first-order valence-corrected chi connectivity index (χ1v) is 10.7. The molecule has 1 aromatic heterocycles. The molecule has 0 unspecified atom stereocenters. The van der Waals surface area contributed by atoms with Crippen molar-refractivity contribution in [1.29, 1.82) is 0 Å². The zero-order chi connectivity index (χ0) is 19.2. The number of nitrogens with one attached hydrogen (secondary N) is 1. The number of hydrogen-bond acceptors (Lipinski definition) is 3. The van der Waals surface area contributed by atoms with Crippen molar-refractivity contribution in [3.63, 3.8) is 0 Å². The van der Waals surface area contributed by atoms with Gasteiger partial charge in [-0.15, -0.1) is 11.3 Å². The average molecular weight is 389 g/mol. The molecule has 4 heteroatoms. The molecule has 28 heavy (non-hydrogen) atoms. The summed E-state index contributed by atoms with van der Waals surface area (Å²) in [5.41, 5.74) is 4.29. The van der Waals surface area contributed by atoms with Crippen molar-refractivity contribution in [3.05, 3.63) is 87.8 Å². The van der Waals surface area contributed by atoms with Crippen LogP contribution in [0.5, 0.6) is 0 Å². The molecule has 3 aromatic rings. The Morgan fingerprint density at radius 2 is 1.71 bits per heavy atom. The van der Waals surface area contributed by atoms with Gasteiger partial charge in [-0.3, -0.25) is 4.79 Å². The van der Waals surface area contributed by atoms with Crippen molar-refractivity contribution >= 4 is 28.5 Å². The van der Waals surface area contributed by atoms with Gasteiger partial charge in [0, 0.05) is 17.6 Å². The normalized spacial score (nSPS) is 13.4. The van der Waals surface area contributed by atoms with Gasteiger partial charge < -0.3 is 5.32 Å². The van der Waals surface area contributed by atoms with E-state index in [0.29, 0.717) is 6.54 Å². The molecule has 0 spiro atoms. The van der Waals surface area contributed by atoms with E-state index >= 15 is 0 Å². The molecule has 142 valence electrons. The quantitative estimate of drug-likeness (QED) is 0.568. The minimum atomic E-state index is 0.00976. The molecule has 0 bridgehead atoms. The second kappa shape index (κ2) is 8.98. The molecule has 0 saturated heterocycles. The Morgan fingerprint density at radius 1 is 1.00 bits per heavy atom. The van der Waals surface area contributed by atoms with Crippen LogP contribution in [0.3, 0.4) is 0 Å². The average Bonchev–Trinajstić information content (AvgIpc) is 3.12. The Bertz CT molecular complexity index is 961. The monoisotopic (exact) mass is 388 g/mol. The van der Waals surface area contributed by atoms with Gasteiger partial charge in [0.25, 0.3) is 5.91 Å². The van der Waals surface area contributed by atoms with Gasteiger partial charge in [-0.2, -0.15) is 0 Å². The van der Waals surface area contributed by atoms with Crippen LogP contribution in [0.1, 0.15) is 44.8 Å². The highest BCUT2D eigenvalue weighted by atomic mass is 32.1. The van der Waals surface area contributed by atoms with E-state index in [4.69, 9.17) is 4.99 Å². The predicted molar refractivity (Wildman–Crippen MR) is 117 cm³/mol. The second-order valence-corrected chi connectivity index (χ2v) is 8.14. The van der Waals surface area contributed by atoms with E-state index in [-0.39, 0.29) is 5.91 Å². The molecule has 1 heterocycles. The number of aryl methyl sites for hydroxylation is 1. The highest BCUT2D eigenvalue weighted by Gasteiger charge is 2.24. The Morgan fingerprint density at radius 3 is 2.50 bits per heavy atom. The van der Waals surface area contributed by atoms with Crippen LogP contribution in [0.25, 0.3) is 0 Å². The van der Waals surface area contributed by atoms with E-state index in [2.05, 4.69) is 17.4 Å². The van der Waals surface area contributed by atoms with Gasteiger partial charge in [-0.1, -0.05) is 60.7 Å². The van der Waals surface area contributed by atoms with E-state index in [9.17, 15) is 4.79 Å². The van der Waals surface area contributed by atoms with E-state index in [0.717, 1.165) is 41.8 Å². The molecule has 3 nitrogen and oxygen atoms in total. The lowest BCUT2D eigenvalue weighted by Gasteiger charge is -2.12. The standard InChI is InChI=1S/C24H24N2OS/c27-23(25-16-15-18-9-3-1-4-10-18)22-20-13-7-8-14-21(20)28-24(22)26-17-19-11-5-2-6-12-19/h1-6,9-12,17H,7-8,13-16H2,(H,25,27). The van der Waals surface area contributed by atoms with Crippen LogP contribution in [-0.2, 0) is 19.3 Å². The fraction of sp³-hybridized carbons (Fsp3) is 0.250. The maximum atomic E-state index is 13.0. The molecule has 4 rings (SSSR count). The summed E-state index contributed by atoms with van der Waals surface area (Å²) in [7, 11) is 0. The first-order valence-electron chi connectivity index (χ1n) is 9.87. The molecule has 0 saturated carbocycles. The summed E-state index contributed by atoms with van der Waals surface area (Å²) in [6.07, 6.45) is 7.08. The molecular weight excluding hydrogens is 364 g/mol. The Hall–Kier alpha value is -2.72. The van der Waals surface area contributed by atoms with E-state index in [1.54, 1.807) is 11.3 Å². The molecule has 0 aliphatic heterocycles.